The maximum Gasteiger partial charge on any atom is 0.317 e. The number of urea groups is 1. The Kier molecular flexibility index (Phi) is 3.75. The van der Waals surface area contributed by atoms with Gasteiger partial charge in [0.1, 0.15) is 0 Å². The fraction of sp³-hybridized carbons (Fsp3) is 0.900. The Morgan fingerprint density at radius 3 is 2.57 bits per heavy atom. The van der Waals surface area contributed by atoms with Crippen LogP contribution in [0, 0.1) is 0 Å². The highest BCUT2D eigenvalue weighted by molar-refractivity contribution is 5.73. The molecule has 4 heteroatoms. The van der Waals surface area contributed by atoms with E-state index in [0.717, 1.165) is 19.5 Å². The second-order valence-electron chi connectivity index (χ2n) is 4.42. The van der Waals surface area contributed by atoms with Gasteiger partial charge in [-0.2, -0.15) is 0 Å². The van der Waals surface area contributed by atoms with E-state index in [2.05, 4.69) is 24.1 Å². The summed E-state index contributed by atoms with van der Waals surface area (Å²) in [5.41, 5.74) is 0. The van der Waals surface area contributed by atoms with Gasteiger partial charge in [-0.1, -0.05) is 0 Å². The molecule has 0 radical (unpaired) electrons. The Bertz CT molecular complexity index is 204. The second kappa shape index (κ2) is 4.64. The number of nitrogens with one attached hydrogen (secondary N) is 1. The van der Waals surface area contributed by atoms with Crippen LogP contribution in [-0.2, 0) is 0 Å². The largest absolute Gasteiger partial charge is 0.334 e. The number of carbonyl (C=O) groups is 1. The maximum atomic E-state index is 11.4. The van der Waals surface area contributed by atoms with Gasteiger partial charge in [-0.3, -0.25) is 4.90 Å². The molecule has 0 unspecified atom stereocenters. The van der Waals surface area contributed by atoms with Crippen molar-refractivity contribution in [1.29, 1.82) is 0 Å². The third-order valence-electron chi connectivity index (χ3n) is 2.68. The van der Waals surface area contributed by atoms with E-state index in [1.165, 1.54) is 0 Å². The van der Waals surface area contributed by atoms with Crippen LogP contribution in [0.4, 0.5) is 4.79 Å². The molecule has 1 heterocycles. The predicted molar refractivity (Wildman–Crippen MR) is 57.3 cm³/mol. The molecule has 1 saturated heterocycles. The van der Waals surface area contributed by atoms with Crippen LogP contribution in [0.5, 0.6) is 0 Å². The first-order valence-electron chi connectivity index (χ1n) is 5.22. The first-order chi connectivity index (χ1) is 6.50. The first kappa shape index (κ1) is 11.3. The highest BCUT2D eigenvalue weighted by Crippen LogP contribution is 2.12. The molecule has 1 N–H and O–H groups in total. The highest BCUT2D eigenvalue weighted by atomic mass is 16.2. The minimum atomic E-state index is 0.0145. The lowest BCUT2D eigenvalue weighted by Crippen LogP contribution is -2.43. The van der Waals surface area contributed by atoms with Gasteiger partial charge in [0.25, 0.3) is 0 Å². The maximum absolute atomic E-state index is 11.4. The molecule has 4 nitrogen and oxygen atoms in total. The summed E-state index contributed by atoms with van der Waals surface area (Å²) in [4.78, 5) is 15.3. The molecule has 1 atom stereocenters. The molecule has 14 heavy (non-hydrogen) atoms. The van der Waals surface area contributed by atoms with Gasteiger partial charge in [0.2, 0.25) is 0 Å². The van der Waals surface area contributed by atoms with Crippen molar-refractivity contribution in [2.45, 2.75) is 32.4 Å². The molecule has 0 bridgehead atoms. The molecule has 0 saturated carbocycles. The average Bonchev–Trinajstić information content (AvgIpc) is 2.52. The van der Waals surface area contributed by atoms with Crippen molar-refractivity contribution in [3.05, 3.63) is 0 Å². The summed E-state index contributed by atoms with van der Waals surface area (Å²) in [5, 5.41) is 3.01. The van der Waals surface area contributed by atoms with Crippen LogP contribution in [0.1, 0.15) is 20.3 Å². The summed E-state index contributed by atoms with van der Waals surface area (Å²) in [6.45, 7) is 6.46. The standard InChI is InChI=1S/C10H21N3O/c1-8(2)13-6-5-9(7-13)11-10(14)12(3)4/h8-9H,5-7H2,1-4H3,(H,11,14)/t9-/m1/s1. The number of rotatable bonds is 2. The molecule has 2 amide bonds. The lowest BCUT2D eigenvalue weighted by Gasteiger charge is -2.21. The Morgan fingerprint density at radius 1 is 1.50 bits per heavy atom. The van der Waals surface area contributed by atoms with Crippen LogP contribution < -0.4 is 5.32 Å². The highest BCUT2D eigenvalue weighted by Gasteiger charge is 2.25. The molecule has 0 spiro atoms. The fourth-order valence-corrected chi connectivity index (χ4v) is 1.68. The number of hydrogen-bond acceptors (Lipinski definition) is 2. The molecule has 0 aromatic rings. The lowest BCUT2D eigenvalue weighted by atomic mass is 10.3. The SMILES string of the molecule is CC(C)N1CC[C@@H](NC(=O)N(C)C)C1. The van der Waals surface area contributed by atoms with E-state index in [-0.39, 0.29) is 6.03 Å². The molecular formula is C10H21N3O. The zero-order valence-corrected chi connectivity index (χ0v) is 9.58. The number of carbonyl (C=O) groups excluding carboxylic acids is 1. The number of likely N-dealkylation sites (tertiary alicyclic amines) is 1. The summed E-state index contributed by atoms with van der Waals surface area (Å²) in [7, 11) is 3.54. The molecular weight excluding hydrogens is 178 g/mol. The van der Waals surface area contributed by atoms with Crippen molar-refractivity contribution in [1.82, 2.24) is 15.1 Å². The second-order valence-corrected chi connectivity index (χ2v) is 4.42. The first-order valence-corrected chi connectivity index (χ1v) is 5.22. The Labute approximate surface area is 86.2 Å². The zero-order chi connectivity index (χ0) is 10.7. The van der Waals surface area contributed by atoms with Crippen molar-refractivity contribution in [2.75, 3.05) is 27.2 Å². The van der Waals surface area contributed by atoms with Crippen molar-refractivity contribution < 1.29 is 4.79 Å². The summed E-state index contributed by atoms with van der Waals surface area (Å²) in [6, 6.07) is 0.921. The molecule has 0 aliphatic carbocycles. The third-order valence-corrected chi connectivity index (χ3v) is 2.68. The normalized spacial score (nSPS) is 22.8. The Balaban J connectivity index is 2.32. The Morgan fingerprint density at radius 2 is 2.14 bits per heavy atom. The molecule has 1 aliphatic heterocycles. The number of amides is 2. The van der Waals surface area contributed by atoms with Crippen LogP contribution >= 0.6 is 0 Å². The quantitative estimate of drug-likeness (QED) is 0.712. The molecule has 1 rings (SSSR count). The van der Waals surface area contributed by atoms with Gasteiger partial charge in [-0.15, -0.1) is 0 Å². The van der Waals surface area contributed by atoms with E-state index in [1.807, 2.05) is 0 Å². The van der Waals surface area contributed by atoms with Crippen molar-refractivity contribution >= 4 is 6.03 Å². The summed E-state index contributed by atoms with van der Waals surface area (Å²) >= 11 is 0. The van der Waals surface area contributed by atoms with Gasteiger partial charge in [-0.05, 0) is 20.3 Å². The Hall–Kier alpha value is -0.770. The van der Waals surface area contributed by atoms with Gasteiger partial charge in [-0.25, -0.2) is 4.79 Å². The van der Waals surface area contributed by atoms with Crippen LogP contribution in [-0.4, -0.2) is 55.1 Å². The van der Waals surface area contributed by atoms with Gasteiger partial charge in [0, 0.05) is 39.3 Å². The molecule has 0 aromatic heterocycles. The lowest BCUT2D eigenvalue weighted by molar-refractivity contribution is 0.211. The van der Waals surface area contributed by atoms with Gasteiger partial charge in [0.05, 0.1) is 0 Å². The van der Waals surface area contributed by atoms with Crippen LogP contribution in [0.25, 0.3) is 0 Å². The summed E-state index contributed by atoms with van der Waals surface area (Å²) < 4.78 is 0. The van der Waals surface area contributed by atoms with E-state index < -0.39 is 0 Å². The van der Waals surface area contributed by atoms with Crippen LogP contribution in [0.3, 0.4) is 0 Å². The number of hydrogen-bond donors (Lipinski definition) is 1. The molecule has 0 aromatic carbocycles. The van der Waals surface area contributed by atoms with E-state index in [1.54, 1.807) is 19.0 Å². The zero-order valence-electron chi connectivity index (χ0n) is 9.58. The molecule has 82 valence electrons. The van der Waals surface area contributed by atoms with Crippen molar-refractivity contribution in [2.24, 2.45) is 0 Å². The monoisotopic (exact) mass is 199 g/mol. The predicted octanol–water partition coefficient (Wildman–Crippen LogP) is 0.740. The topological polar surface area (TPSA) is 35.6 Å². The molecule has 1 fully saturated rings. The minimum Gasteiger partial charge on any atom is -0.334 e. The van der Waals surface area contributed by atoms with Crippen molar-refractivity contribution in [3.63, 3.8) is 0 Å². The van der Waals surface area contributed by atoms with E-state index in [4.69, 9.17) is 0 Å². The van der Waals surface area contributed by atoms with Crippen LogP contribution in [0.15, 0.2) is 0 Å². The van der Waals surface area contributed by atoms with Gasteiger partial charge >= 0.3 is 6.03 Å². The smallest absolute Gasteiger partial charge is 0.317 e. The van der Waals surface area contributed by atoms with E-state index >= 15 is 0 Å². The van der Waals surface area contributed by atoms with Gasteiger partial charge in [0.15, 0.2) is 0 Å². The molecule has 1 aliphatic rings. The number of nitrogens with zero attached hydrogens (tertiary/aromatic N) is 2. The van der Waals surface area contributed by atoms with E-state index in [9.17, 15) is 4.79 Å². The summed E-state index contributed by atoms with van der Waals surface area (Å²) in [6.07, 6.45) is 1.07. The van der Waals surface area contributed by atoms with Crippen LogP contribution in [0.2, 0.25) is 0 Å². The summed E-state index contributed by atoms with van der Waals surface area (Å²) in [5.74, 6) is 0. The van der Waals surface area contributed by atoms with E-state index in [0.29, 0.717) is 12.1 Å². The van der Waals surface area contributed by atoms with Crippen molar-refractivity contribution in [3.8, 4) is 0 Å². The fourth-order valence-electron chi connectivity index (χ4n) is 1.68. The van der Waals surface area contributed by atoms with Gasteiger partial charge < -0.3 is 10.2 Å². The third kappa shape index (κ3) is 2.87. The average molecular weight is 199 g/mol. The minimum absolute atomic E-state index is 0.0145.